The van der Waals surface area contributed by atoms with Gasteiger partial charge in [-0.15, -0.1) is 0 Å². The lowest BCUT2D eigenvalue weighted by atomic mass is 9.99. The number of rotatable bonds is 6. The molecule has 2 aromatic carbocycles. The first kappa shape index (κ1) is 20.7. The average Bonchev–Trinajstić information content (AvgIpc) is 3.03. The van der Waals surface area contributed by atoms with Crippen molar-refractivity contribution in [3.63, 3.8) is 0 Å². The Balaban J connectivity index is 1.72. The topological polar surface area (TPSA) is 70.2 Å². The summed E-state index contributed by atoms with van der Waals surface area (Å²) in [5.41, 5.74) is 1.52. The van der Waals surface area contributed by atoms with E-state index >= 15 is 0 Å². The molecule has 2 unspecified atom stereocenters. The van der Waals surface area contributed by atoms with E-state index in [2.05, 4.69) is 4.90 Å². The van der Waals surface area contributed by atoms with Crippen molar-refractivity contribution in [1.29, 1.82) is 0 Å². The van der Waals surface area contributed by atoms with Gasteiger partial charge >= 0.3 is 6.03 Å². The Hall–Kier alpha value is -2.58. The van der Waals surface area contributed by atoms with E-state index in [4.69, 9.17) is 4.74 Å². The molecule has 160 valence electrons. The summed E-state index contributed by atoms with van der Waals surface area (Å²) in [5, 5.41) is 0. The van der Waals surface area contributed by atoms with Crippen LogP contribution in [0, 0.1) is 0 Å². The van der Waals surface area contributed by atoms with E-state index in [-0.39, 0.29) is 23.1 Å². The number of carbonyl (C=O) groups is 1. The smallest absolute Gasteiger partial charge is 0.325 e. The van der Waals surface area contributed by atoms with Crippen LogP contribution in [0.2, 0.25) is 0 Å². The first-order valence-electron chi connectivity index (χ1n) is 10.0. The molecule has 8 heteroatoms. The summed E-state index contributed by atoms with van der Waals surface area (Å²) >= 11 is 0. The van der Waals surface area contributed by atoms with Crippen molar-refractivity contribution in [2.45, 2.75) is 23.5 Å². The van der Waals surface area contributed by atoms with E-state index < -0.39 is 9.84 Å². The van der Waals surface area contributed by atoms with Crippen LogP contribution >= 0.6 is 0 Å². The van der Waals surface area contributed by atoms with Crippen LogP contribution < -0.4 is 9.64 Å². The molecule has 0 bridgehead atoms. The molecule has 0 saturated carbocycles. The van der Waals surface area contributed by atoms with Crippen LogP contribution in [0.1, 0.15) is 18.1 Å². The fraction of sp³-hybridized carbons (Fsp3) is 0.409. The van der Waals surface area contributed by atoms with Crippen LogP contribution in [-0.2, 0) is 9.84 Å². The molecule has 2 aliphatic heterocycles. The van der Waals surface area contributed by atoms with Gasteiger partial charge < -0.3 is 14.5 Å². The van der Waals surface area contributed by atoms with Crippen molar-refractivity contribution >= 4 is 21.6 Å². The molecule has 2 aromatic rings. The van der Waals surface area contributed by atoms with Gasteiger partial charge in [0.1, 0.15) is 11.9 Å². The lowest BCUT2D eigenvalue weighted by Gasteiger charge is -2.37. The number of sulfone groups is 1. The predicted molar refractivity (Wildman–Crippen MR) is 116 cm³/mol. The zero-order valence-electron chi connectivity index (χ0n) is 17.5. The predicted octanol–water partition coefficient (Wildman–Crippen LogP) is 2.79. The summed E-state index contributed by atoms with van der Waals surface area (Å²) in [4.78, 5) is 19.2. The number of ether oxygens (including phenoxy) is 1. The molecule has 2 atom stereocenters. The van der Waals surface area contributed by atoms with Crippen molar-refractivity contribution in [3.8, 4) is 5.75 Å². The highest BCUT2D eigenvalue weighted by Crippen LogP contribution is 2.45. The quantitative estimate of drug-likeness (QED) is 0.706. The van der Waals surface area contributed by atoms with E-state index in [0.29, 0.717) is 24.5 Å². The van der Waals surface area contributed by atoms with Crippen LogP contribution in [0.4, 0.5) is 10.5 Å². The molecule has 2 aliphatic rings. The second-order valence-corrected chi connectivity index (χ2v) is 10.2. The van der Waals surface area contributed by atoms with E-state index in [1.165, 1.54) is 12.3 Å². The molecule has 4 rings (SSSR count). The molecule has 2 heterocycles. The number of nitrogens with zero attached hydrogens (tertiary/aromatic N) is 3. The van der Waals surface area contributed by atoms with Crippen LogP contribution in [0.25, 0.3) is 0 Å². The molecule has 2 amide bonds. The van der Waals surface area contributed by atoms with Crippen LogP contribution in [-0.4, -0.2) is 70.3 Å². The average molecular weight is 430 g/mol. The summed E-state index contributed by atoms with van der Waals surface area (Å²) < 4.78 is 30.5. The molecule has 30 heavy (non-hydrogen) atoms. The SMILES string of the molecule is CN(C)CCCN1CC2C(c3ccccc3)Oc3ccc(S(C)(=O)=O)cc3N2C1=O. The number of benzene rings is 2. The maximum Gasteiger partial charge on any atom is 0.325 e. The molecule has 1 fully saturated rings. The molecule has 0 aliphatic carbocycles. The lowest BCUT2D eigenvalue weighted by Crippen LogP contribution is -2.44. The number of urea groups is 1. The minimum Gasteiger partial charge on any atom is -0.481 e. The third-order valence-corrected chi connectivity index (χ3v) is 6.71. The highest BCUT2D eigenvalue weighted by atomic mass is 32.2. The summed E-state index contributed by atoms with van der Waals surface area (Å²) in [5.74, 6) is 0.524. The highest BCUT2D eigenvalue weighted by Gasteiger charge is 2.47. The van der Waals surface area contributed by atoms with Gasteiger partial charge in [-0.1, -0.05) is 30.3 Å². The van der Waals surface area contributed by atoms with Crippen LogP contribution in [0.3, 0.4) is 0 Å². The zero-order chi connectivity index (χ0) is 21.5. The Morgan fingerprint density at radius 1 is 1.13 bits per heavy atom. The summed E-state index contributed by atoms with van der Waals surface area (Å²) in [7, 11) is 0.624. The van der Waals surface area contributed by atoms with Crippen molar-refractivity contribution in [3.05, 3.63) is 54.1 Å². The van der Waals surface area contributed by atoms with Gasteiger partial charge in [0.05, 0.1) is 16.6 Å². The number of fused-ring (bicyclic) bond motifs is 3. The number of carbonyl (C=O) groups excluding carboxylic acids is 1. The molecular formula is C22H27N3O4S. The summed E-state index contributed by atoms with van der Waals surface area (Å²) in [6.07, 6.45) is 1.72. The van der Waals surface area contributed by atoms with Crippen LogP contribution in [0.15, 0.2) is 53.4 Å². The maximum absolute atomic E-state index is 13.3. The maximum atomic E-state index is 13.3. The van der Waals surface area contributed by atoms with Gasteiger partial charge in [-0.05, 0) is 50.8 Å². The Bertz CT molecular complexity index is 1040. The summed E-state index contributed by atoms with van der Waals surface area (Å²) in [6, 6.07) is 14.3. The molecule has 1 saturated heterocycles. The lowest BCUT2D eigenvalue weighted by molar-refractivity contribution is 0.159. The number of amides is 2. The largest absolute Gasteiger partial charge is 0.481 e. The molecule has 7 nitrogen and oxygen atoms in total. The van der Waals surface area contributed by atoms with Gasteiger partial charge in [0, 0.05) is 19.3 Å². The molecule has 0 aromatic heterocycles. The fourth-order valence-electron chi connectivity index (χ4n) is 4.12. The first-order valence-corrected chi connectivity index (χ1v) is 11.9. The molecular weight excluding hydrogens is 402 g/mol. The Kier molecular flexibility index (Phi) is 5.46. The third-order valence-electron chi connectivity index (χ3n) is 5.60. The number of anilines is 1. The molecule has 0 radical (unpaired) electrons. The Labute approximate surface area is 177 Å². The Morgan fingerprint density at radius 3 is 2.53 bits per heavy atom. The standard InChI is InChI=1S/C22H27N3O4S/c1-23(2)12-7-13-24-15-19-21(16-8-5-4-6-9-16)29-20-11-10-17(30(3,27)28)14-18(20)25(19)22(24)26/h4-6,8-11,14,19,21H,7,12-13,15H2,1-3H3. The van der Waals surface area contributed by atoms with Crippen molar-refractivity contribution in [2.24, 2.45) is 0 Å². The minimum atomic E-state index is -3.40. The normalized spacial score (nSPS) is 20.9. The van der Waals surface area contributed by atoms with Gasteiger partial charge in [-0.25, -0.2) is 13.2 Å². The number of hydrogen-bond acceptors (Lipinski definition) is 5. The third kappa shape index (κ3) is 3.89. The zero-order valence-corrected chi connectivity index (χ0v) is 18.3. The second kappa shape index (κ2) is 7.92. The van der Waals surface area contributed by atoms with Crippen molar-refractivity contribution in [2.75, 3.05) is 44.9 Å². The first-order chi connectivity index (χ1) is 14.3. The minimum absolute atomic E-state index is 0.102. The molecule has 0 N–H and O–H groups in total. The van der Waals surface area contributed by atoms with Crippen molar-refractivity contribution < 1.29 is 17.9 Å². The van der Waals surface area contributed by atoms with E-state index in [1.807, 2.05) is 49.3 Å². The van der Waals surface area contributed by atoms with Gasteiger partial charge in [0.25, 0.3) is 0 Å². The van der Waals surface area contributed by atoms with Crippen LogP contribution in [0.5, 0.6) is 5.75 Å². The van der Waals surface area contributed by atoms with Gasteiger partial charge in [0.2, 0.25) is 0 Å². The second-order valence-electron chi connectivity index (χ2n) is 8.17. The van der Waals surface area contributed by atoms with E-state index in [9.17, 15) is 13.2 Å². The Morgan fingerprint density at radius 2 is 1.87 bits per heavy atom. The summed E-state index contributed by atoms with van der Waals surface area (Å²) in [6.45, 7) is 2.07. The van der Waals surface area contributed by atoms with Gasteiger partial charge in [0.15, 0.2) is 9.84 Å². The molecule has 0 spiro atoms. The van der Waals surface area contributed by atoms with E-state index in [0.717, 1.165) is 18.5 Å². The van der Waals surface area contributed by atoms with E-state index in [1.54, 1.807) is 17.0 Å². The van der Waals surface area contributed by atoms with Gasteiger partial charge in [-0.2, -0.15) is 0 Å². The highest BCUT2D eigenvalue weighted by molar-refractivity contribution is 7.90. The fourth-order valence-corrected chi connectivity index (χ4v) is 4.76. The van der Waals surface area contributed by atoms with Crippen molar-refractivity contribution in [1.82, 2.24) is 9.80 Å². The van der Waals surface area contributed by atoms with Gasteiger partial charge in [-0.3, -0.25) is 4.90 Å². The number of hydrogen-bond donors (Lipinski definition) is 0. The monoisotopic (exact) mass is 429 g/mol.